The van der Waals surface area contributed by atoms with Gasteiger partial charge in [0.25, 0.3) is 0 Å². The Morgan fingerprint density at radius 3 is 2.58 bits per heavy atom. The molecule has 5 heteroatoms. The lowest BCUT2D eigenvalue weighted by Gasteiger charge is -2.29. The summed E-state index contributed by atoms with van der Waals surface area (Å²) in [4.78, 5) is 6.64. The molecule has 0 aromatic carbocycles. The van der Waals surface area contributed by atoms with Crippen LogP contribution in [0.15, 0.2) is 4.99 Å². The average molecular weight is 270 g/mol. The molecular formula is C14H30N4O. The van der Waals surface area contributed by atoms with Crippen molar-refractivity contribution in [2.45, 2.75) is 25.7 Å². The third kappa shape index (κ3) is 7.38. The summed E-state index contributed by atoms with van der Waals surface area (Å²) in [5.74, 6) is 1.78. The molecule has 19 heavy (non-hydrogen) atoms. The van der Waals surface area contributed by atoms with Gasteiger partial charge in [-0.3, -0.25) is 4.99 Å². The van der Waals surface area contributed by atoms with Crippen LogP contribution < -0.4 is 10.6 Å². The third-order valence-electron chi connectivity index (χ3n) is 3.72. The maximum Gasteiger partial charge on any atom is 0.190 e. The molecule has 0 amide bonds. The zero-order valence-electron chi connectivity index (χ0n) is 12.7. The van der Waals surface area contributed by atoms with Gasteiger partial charge in [0, 0.05) is 33.9 Å². The molecule has 1 heterocycles. The second-order valence-electron chi connectivity index (χ2n) is 5.31. The lowest BCUT2D eigenvalue weighted by Crippen LogP contribution is -2.39. The van der Waals surface area contributed by atoms with Crippen LogP contribution in [0.2, 0.25) is 0 Å². The molecular weight excluding hydrogens is 240 g/mol. The van der Waals surface area contributed by atoms with Crippen LogP contribution in [0.3, 0.4) is 0 Å². The summed E-state index contributed by atoms with van der Waals surface area (Å²) in [6.45, 7) is 5.20. The van der Waals surface area contributed by atoms with E-state index < -0.39 is 0 Å². The van der Waals surface area contributed by atoms with Gasteiger partial charge in [0.1, 0.15) is 0 Å². The number of hydrogen-bond acceptors (Lipinski definition) is 3. The van der Waals surface area contributed by atoms with E-state index in [1.807, 2.05) is 7.05 Å². The summed E-state index contributed by atoms with van der Waals surface area (Å²) in [6.07, 6.45) is 4.91. The van der Waals surface area contributed by atoms with E-state index in [0.29, 0.717) is 0 Å². The van der Waals surface area contributed by atoms with Crippen LogP contribution in [0, 0.1) is 5.92 Å². The zero-order valence-corrected chi connectivity index (χ0v) is 12.7. The smallest absolute Gasteiger partial charge is 0.190 e. The highest BCUT2D eigenvalue weighted by molar-refractivity contribution is 5.79. The third-order valence-corrected chi connectivity index (χ3v) is 3.72. The number of likely N-dealkylation sites (tertiary alicyclic amines) is 1. The van der Waals surface area contributed by atoms with Crippen molar-refractivity contribution in [1.82, 2.24) is 15.5 Å². The first kappa shape index (κ1) is 16.2. The molecule has 2 N–H and O–H groups in total. The van der Waals surface area contributed by atoms with Crippen LogP contribution in [0.5, 0.6) is 0 Å². The van der Waals surface area contributed by atoms with Crippen molar-refractivity contribution in [3.63, 3.8) is 0 Å². The van der Waals surface area contributed by atoms with Gasteiger partial charge in [-0.15, -0.1) is 0 Å². The number of ether oxygens (including phenoxy) is 1. The quantitative estimate of drug-likeness (QED) is 0.410. The van der Waals surface area contributed by atoms with Crippen LogP contribution in [-0.4, -0.2) is 64.9 Å². The molecule has 0 aromatic rings. The first-order valence-corrected chi connectivity index (χ1v) is 7.38. The van der Waals surface area contributed by atoms with E-state index >= 15 is 0 Å². The van der Waals surface area contributed by atoms with Crippen molar-refractivity contribution in [1.29, 1.82) is 0 Å². The van der Waals surface area contributed by atoms with Crippen molar-refractivity contribution >= 4 is 5.96 Å². The molecule has 0 saturated carbocycles. The lowest BCUT2D eigenvalue weighted by molar-refractivity contribution is 0.195. The van der Waals surface area contributed by atoms with Crippen LogP contribution in [0.1, 0.15) is 25.7 Å². The molecule has 0 aliphatic carbocycles. The molecule has 0 unspecified atom stereocenters. The van der Waals surface area contributed by atoms with Crippen molar-refractivity contribution in [2.75, 3.05) is 54.0 Å². The van der Waals surface area contributed by atoms with E-state index in [2.05, 4.69) is 27.6 Å². The average Bonchev–Trinajstić information content (AvgIpc) is 2.43. The van der Waals surface area contributed by atoms with Crippen molar-refractivity contribution in [3.8, 4) is 0 Å². The molecule has 1 fully saturated rings. The van der Waals surface area contributed by atoms with Gasteiger partial charge in [-0.25, -0.2) is 0 Å². The summed E-state index contributed by atoms with van der Waals surface area (Å²) in [6, 6.07) is 0. The normalized spacial score (nSPS) is 18.6. The Bertz CT molecular complexity index is 250. The molecule has 5 nitrogen and oxygen atoms in total. The molecule has 1 saturated heterocycles. The second-order valence-corrected chi connectivity index (χ2v) is 5.31. The highest BCUT2D eigenvalue weighted by Gasteiger charge is 2.15. The van der Waals surface area contributed by atoms with Crippen LogP contribution >= 0.6 is 0 Å². The van der Waals surface area contributed by atoms with E-state index in [9.17, 15) is 0 Å². The van der Waals surface area contributed by atoms with Gasteiger partial charge in [0.05, 0.1) is 0 Å². The van der Waals surface area contributed by atoms with E-state index in [1.165, 1.54) is 32.4 Å². The first-order valence-electron chi connectivity index (χ1n) is 7.38. The minimum Gasteiger partial charge on any atom is -0.385 e. The Labute approximate surface area is 117 Å². The number of guanidine groups is 1. The molecule has 0 radical (unpaired) electrons. The standard InChI is InChI=1S/C14H30N4O/c1-15-14(16-8-4-12-19-3)17-9-5-13-6-10-18(2)11-7-13/h13H,4-12H2,1-3H3,(H2,15,16,17). The van der Waals surface area contributed by atoms with Gasteiger partial charge >= 0.3 is 0 Å². The van der Waals surface area contributed by atoms with E-state index in [0.717, 1.165) is 38.0 Å². The van der Waals surface area contributed by atoms with E-state index in [1.54, 1.807) is 7.11 Å². The van der Waals surface area contributed by atoms with E-state index in [-0.39, 0.29) is 0 Å². The Morgan fingerprint density at radius 1 is 1.26 bits per heavy atom. The van der Waals surface area contributed by atoms with Crippen LogP contribution in [-0.2, 0) is 4.74 Å². The fourth-order valence-electron chi connectivity index (χ4n) is 2.39. The number of nitrogens with one attached hydrogen (secondary N) is 2. The lowest BCUT2D eigenvalue weighted by atomic mass is 9.94. The van der Waals surface area contributed by atoms with E-state index in [4.69, 9.17) is 4.74 Å². The summed E-state index contributed by atoms with van der Waals surface area (Å²) in [5, 5.41) is 6.69. The summed E-state index contributed by atoms with van der Waals surface area (Å²) < 4.78 is 5.02. The molecule has 1 rings (SSSR count). The summed E-state index contributed by atoms with van der Waals surface area (Å²) >= 11 is 0. The molecule has 0 spiro atoms. The zero-order chi connectivity index (χ0) is 13.9. The van der Waals surface area contributed by atoms with Crippen molar-refractivity contribution in [2.24, 2.45) is 10.9 Å². The Kier molecular flexibility index (Phi) is 8.58. The maximum absolute atomic E-state index is 5.02. The molecule has 0 aromatic heterocycles. The topological polar surface area (TPSA) is 48.9 Å². The van der Waals surface area contributed by atoms with Gasteiger partial charge in [0.2, 0.25) is 0 Å². The molecule has 1 aliphatic rings. The minimum atomic E-state index is 0.791. The number of piperidine rings is 1. The predicted molar refractivity (Wildman–Crippen MR) is 80.7 cm³/mol. The largest absolute Gasteiger partial charge is 0.385 e. The molecule has 1 aliphatic heterocycles. The Hall–Kier alpha value is -0.810. The Morgan fingerprint density at radius 2 is 1.95 bits per heavy atom. The first-order chi connectivity index (χ1) is 9.26. The highest BCUT2D eigenvalue weighted by atomic mass is 16.5. The van der Waals surface area contributed by atoms with Gasteiger partial charge in [0.15, 0.2) is 5.96 Å². The summed E-state index contributed by atoms with van der Waals surface area (Å²) in [7, 11) is 5.76. The fraction of sp³-hybridized carbons (Fsp3) is 0.929. The number of hydrogen-bond donors (Lipinski definition) is 2. The SMILES string of the molecule is CN=C(NCCCOC)NCCC1CCN(C)CC1. The second kappa shape index (κ2) is 10.0. The number of methoxy groups -OCH3 is 1. The number of nitrogens with zero attached hydrogens (tertiary/aromatic N) is 2. The highest BCUT2D eigenvalue weighted by Crippen LogP contribution is 2.18. The summed E-state index contributed by atoms with van der Waals surface area (Å²) in [5.41, 5.74) is 0. The van der Waals surface area contributed by atoms with Gasteiger partial charge in [-0.1, -0.05) is 0 Å². The van der Waals surface area contributed by atoms with Crippen LogP contribution in [0.25, 0.3) is 0 Å². The van der Waals surface area contributed by atoms with Crippen molar-refractivity contribution in [3.05, 3.63) is 0 Å². The van der Waals surface area contributed by atoms with Crippen LogP contribution in [0.4, 0.5) is 0 Å². The van der Waals surface area contributed by atoms with Gasteiger partial charge < -0.3 is 20.3 Å². The van der Waals surface area contributed by atoms with Crippen molar-refractivity contribution < 1.29 is 4.74 Å². The van der Waals surface area contributed by atoms with Gasteiger partial charge in [-0.2, -0.15) is 0 Å². The molecule has 0 atom stereocenters. The van der Waals surface area contributed by atoms with Gasteiger partial charge in [-0.05, 0) is 51.7 Å². The number of aliphatic imine (C=N–C) groups is 1. The minimum absolute atomic E-state index is 0.791. The number of rotatable bonds is 7. The maximum atomic E-state index is 5.02. The monoisotopic (exact) mass is 270 g/mol. The molecule has 112 valence electrons. The molecule has 0 bridgehead atoms. The Balaban J connectivity index is 2.06. The predicted octanol–water partition coefficient (Wildman–Crippen LogP) is 0.920. The fourth-order valence-corrected chi connectivity index (χ4v) is 2.39.